The molecule has 1 saturated heterocycles. The minimum atomic E-state index is -0.963. The van der Waals surface area contributed by atoms with Crippen LogP contribution >= 0.6 is 0 Å². The molecule has 2 aromatic rings. The topological polar surface area (TPSA) is 64.8 Å². The van der Waals surface area contributed by atoms with Crippen molar-refractivity contribution in [3.8, 4) is 0 Å². The first-order chi connectivity index (χ1) is 14.6. The van der Waals surface area contributed by atoms with Gasteiger partial charge in [0.2, 0.25) is 5.91 Å². The minimum Gasteiger partial charge on any atom is -0.341 e. The van der Waals surface area contributed by atoms with Crippen LogP contribution in [0.2, 0.25) is 0 Å². The van der Waals surface area contributed by atoms with Crippen LogP contribution in [0.15, 0.2) is 54.5 Å². The number of rotatable bonds is 4. The number of piperazine rings is 1. The Bertz CT molecular complexity index is 1020. The van der Waals surface area contributed by atoms with Gasteiger partial charge in [0.25, 0.3) is 0 Å². The third-order valence-corrected chi connectivity index (χ3v) is 5.65. The van der Waals surface area contributed by atoms with Gasteiger partial charge in [-0.1, -0.05) is 6.07 Å². The molecular formula is C23H27F2N5O. The molecule has 1 fully saturated rings. The van der Waals surface area contributed by atoms with E-state index in [4.69, 9.17) is 5.73 Å². The highest BCUT2D eigenvalue weighted by Gasteiger charge is 2.41. The van der Waals surface area contributed by atoms with Gasteiger partial charge in [-0.05, 0) is 62.7 Å². The number of benzene rings is 2. The molecule has 0 bridgehead atoms. The third-order valence-electron chi connectivity index (χ3n) is 5.65. The summed E-state index contributed by atoms with van der Waals surface area (Å²) >= 11 is 0. The highest BCUT2D eigenvalue weighted by molar-refractivity contribution is 5.85. The molecule has 0 aromatic heterocycles. The predicted octanol–water partition coefficient (Wildman–Crippen LogP) is 3.21. The Morgan fingerprint density at radius 2 is 1.84 bits per heavy atom. The van der Waals surface area contributed by atoms with Crippen LogP contribution in [0.5, 0.6) is 0 Å². The number of halogens is 2. The molecule has 2 aliphatic rings. The van der Waals surface area contributed by atoms with Gasteiger partial charge < -0.3 is 25.8 Å². The van der Waals surface area contributed by atoms with Crippen molar-refractivity contribution in [2.75, 3.05) is 29.9 Å². The van der Waals surface area contributed by atoms with E-state index in [0.717, 1.165) is 11.5 Å². The molecule has 0 saturated carbocycles. The van der Waals surface area contributed by atoms with Crippen LogP contribution in [0.25, 0.3) is 0 Å². The van der Waals surface area contributed by atoms with Crippen molar-refractivity contribution in [2.45, 2.75) is 32.5 Å². The van der Waals surface area contributed by atoms with E-state index in [9.17, 15) is 13.6 Å². The van der Waals surface area contributed by atoms with E-state index < -0.39 is 5.54 Å². The average molecular weight is 427 g/mol. The fourth-order valence-electron chi connectivity index (χ4n) is 3.95. The van der Waals surface area contributed by atoms with E-state index >= 15 is 0 Å². The Hall–Kier alpha value is -3.13. The molecule has 0 spiro atoms. The molecular weight excluding hydrogens is 400 g/mol. The molecule has 0 radical (unpaired) electrons. The average Bonchev–Trinajstić information content (AvgIpc) is 3.07. The number of carbonyl (C=O) groups is 1. The highest BCUT2D eigenvalue weighted by Crippen LogP contribution is 2.32. The van der Waals surface area contributed by atoms with Gasteiger partial charge in [-0.2, -0.15) is 0 Å². The largest absolute Gasteiger partial charge is 0.341 e. The van der Waals surface area contributed by atoms with Gasteiger partial charge in [-0.25, -0.2) is 8.78 Å². The minimum absolute atomic E-state index is 0.117. The van der Waals surface area contributed by atoms with E-state index in [2.05, 4.69) is 10.2 Å². The van der Waals surface area contributed by atoms with Gasteiger partial charge >= 0.3 is 0 Å². The Kier molecular flexibility index (Phi) is 5.35. The number of nitrogens with two attached hydrogens (primary N) is 1. The lowest BCUT2D eigenvalue weighted by molar-refractivity contribution is -0.138. The monoisotopic (exact) mass is 427 g/mol. The van der Waals surface area contributed by atoms with E-state index in [-0.39, 0.29) is 23.7 Å². The van der Waals surface area contributed by atoms with Gasteiger partial charge in [0.1, 0.15) is 23.6 Å². The zero-order valence-electron chi connectivity index (χ0n) is 17.9. The number of nitrogens with one attached hydrogen (secondary N) is 1. The zero-order chi connectivity index (χ0) is 22.3. The van der Waals surface area contributed by atoms with Crippen LogP contribution in [-0.2, 0) is 4.79 Å². The summed E-state index contributed by atoms with van der Waals surface area (Å²) < 4.78 is 27.5. The first kappa shape index (κ1) is 21.1. The van der Waals surface area contributed by atoms with Crippen molar-refractivity contribution in [3.05, 3.63) is 71.7 Å². The number of hydrogen-bond acceptors (Lipinski definition) is 5. The molecule has 0 aliphatic carbocycles. The summed E-state index contributed by atoms with van der Waals surface area (Å²) in [6.07, 6.45) is 1.72. The SMILES string of the molecule is Cc1ccc(NC2=CN(c3ccc(F)cc3)C3CN(C(=O)C(C)(C)N)CCN23)cc1F. The number of anilines is 2. The number of amides is 1. The number of fused-ring (bicyclic) bond motifs is 1. The molecule has 1 unspecified atom stereocenters. The molecule has 31 heavy (non-hydrogen) atoms. The number of carbonyl (C=O) groups excluding carboxylic acids is 1. The summed E-state index contributed by atoms with van der Waals surface area (Å²) in [5, 5.41) is 3.30. The molecule has 4 rings (SSSR count). The molecule has 2 aromatic carbocycles. The molecule has 164 valence electrons. The number of nitrogens with zero attached hydrogens (tertiary/aromatic N) is 3. The van der Waals surface area contributed by atoms with Gasteiger partial charge in [-0.15, -0.1) is 0 Å². The van der Waals surface area contributed by atoms with E-state index in [1.807, 2.05) is 17.2 Å². The predicted molar refractivity (Wildman–Crippen MR) is 117 cm³/mol. The molecule has 1 amide bonds. The van der Waals surface area contributed by atoms with Crippen LogP contribution in [0.3, 0.4) is 0 Å². The van der Waals surface area contributed by atoms with Crippen molar-refractivity contribution in [1.29, 1.82) is 0 Å². The lowest BCUT2D eigenvalue weighted by Crippen LogP contribution is -2.61. The lowest BCUT2D eigenvalue weighted by atomic mass is 10.0. The maximum atomic E-state index is 14.0. The summed E-state index contributed by atoms with van der Waals surface area (Å²) in [4.78, 5) is 18.7. The lowest BCUT2D eigenvalue weighted by Gasteiger charge is -2.44. The molecule has 1 atom stereocenters. The normalized spacial score (nSPS) is 18.7. The van der Waals surface area contributed by atoms with Crippen molar-refractivity contribution in [1.82, 2.24) is 9.80 Å². The van der Waals surface area contributed by atoms with Gasteiger partial charge in [0.05, 0.1) is 12.1 Å². The third kappa shape index (κ3) is 4.20. The van der Waals surface area contributed by atoms with Crippen molar-refractivity contribution in [2.24, 2.45) is 5.73 Å². The second-order valence-electron chi connectivity index (χ2n) is 8.63. The summed E-state index contributed by atoms with van der Waals surface area (Å²) in [7, 11) is 0. The smallest absolute Gasteiger partial charge is 0.242 e. The Balaban J connectivity index is 1.64. The number of aryl methyl sites for hydroxylation is 1. The molecule has 8 heteroatoms. The maximum Gasteiger partial charge on any atom is 0.242 e. The quantitative estimate of drug-likeness (QED) is 0.785. The maximum absolute atomic E-state index is 14.0. The van der Waals surface area contributed by atoms with Crippen LogP contribution < -0.4 is 16.0 Å². The summed E-state index contributed by atoms with van der Waals surface area (Å²) in [5.74, 6) is 0.0728. The van der Waals surface area contributed by atoms with Crippen molar-refractivity contribution in [3.63, 3.8) is 0 Å². The standard InChI is InChI=1S/C23H27F2N5O/c1-15-4-7-17(12-19(15)25)27-20-13-30(18-8-5-16(24)6-9-18)21-14-28(10-11-29(20)21)22(31)23(2,3)26/h4-9,12-13,21,27H,10-11,14,26H2,1-3H3. The highest BCUT2D eigenvalue weighted by atomic mass is 19.1. The van der Waals surface area contributed by atoms with Crippen LogP contribution in [-0.4, -0.2) is 47.0 Å². The van der Waals surface area contributed by atoms with Crippen LogP contribution in [0, 0.1) is 18.6 Å². The van der Waals surface area contributed by atoms with Gasteiger partial charge in [0.15, 0.2) is 0 Å². The summed E-state index contributed by atoms with van der Waals surface area (Å²) in [6.45, 7) is 6.65. The second-order valence-corrected chi connectivity index (χ2v) is 8.63. The fraction of sp³-hybridized carbons (Fsp3) is 0.348. The molecule has 3 N–H and O–H groups in total. The first-order valence-electron chi connectivity index (χ1n) is 10.3. The van der Waals surface area contributed by atoms with E-state index in [1.54, 1.807) is 43.9 Å². The first-order valence-corrected chi connectivity index (χ1v) is 10.3. The van der Waals surface area contributed by atoms with Crippen LogP contribution in [0.4, 0.5) is 20.2 Å². The summed E-state index contributed by atoms with van der Waals surface area (Å²) in [5.41, 5.74) is 7.09. The van der Waals surface area contributed by atoms with Crippen LogP contribution in [0.1, 0.15) is 19.4 Å². The Morgan fingerprint density at radius 1 is 1.13 bits per heavy atom. The van der Waals surface area contributed by atoms with Crippen molar-refractivity contribution >= 4 is 17.3 Å². The second kappa shape index (κ2) is 7.85. The Labute approximate surface area is 180 Å². The van der Waals surface area contributed by atoms with Gasteiger partial charge in [-0.3, -0.25) is 4.79 Å². The molecule has 6 nitrogen and oxygen atoms in total. The van der Waals surface area contributed by atoms with E-state index in [1.165, 1.54) is 18.2 Å². The van der Waals surface area contributed by atoms with Crippen molar-refractivity contribution < 1.29 is 13.6 Å². The number of hydrogen-bond donors (Lipinski definition) is 2. The fourth-order valence-corrected chi connectivity index (χ4v) is 3.95. The zero-order valence-corrected chi connectivity index (χ0v) is 17.9. The Morgan fingerprint density at radius 3 is 2.48 bits per heavy atom. The van der Waals surface area contributed by atoms with E-state index in [0.29, 0.717) is 30.9 Å². The summed E-state index contributed by atoms with van der Waals surface area (Å²) in [6, 6.07) is 11.2. The van der Waals surface area contributed by atoms with Gasteiger partial charge in [0, 0.05) is 30.7 Å². The molecule has 2 heterocycles. The molecule has 2 aliphatic heterocycles.